The van der Waals surface area contributed by atoms with Crippen LogP contribution >= 0.6 is 0 Å². The summed E-state index contributed by atoms with van der Waals surface area (Å²) in [5.74, 6) is 7.13. The Morgan fingerprint density at radius 3 is 2.67 bits per heavy atom. The number of aliphatic imine (C=N–C) groups is 1. The van der Waals surface area contributed by atoms with E-state index in [0.29, 0.717) is 0 Å². The zero-order chi connectivity index (χ0) is 14.7. The normalized spacial score (nSPS) is 23.4. The number of hydrazine groups is 1. The minimum atomic E-state index is 0.176. The third kappa shape index (κ3) is 3.61. The fourth-order valence-corrected chi connectivity index (χ4v) is 2.85. The molecule has 1 aromatic carbocycles. The van der Waals surface area contributed by atoms with Crippen LogP contribution in [-0.4, -0.2) is 55.1 Å². The van der Waals surface area contributed by atoms with Crippen molar-refractivity contribution in [3.8, 4) is 0 Å². The van der Waals surface area contributed by atoms with Gasteiger partial charge in [0.25, 0.3) is 0 Å². The first-order valence-electron chi connectivity index (χ1n) is 7.68. The molecule has 0 radical (unpaired) electrons. The zero-order valence-corrected chi connectivity index (χ0v) is 12.7. The fraction of sp³-hybridized carbons (Fsp3) is 0.562. The fourth-order valence-electron chi connectivity index (χ4n) is 2.85. The Labute approximate surface area is 126 Å². The monoisotopic (exact) mass is 288 g/mol. The third-order valence-electron chi connectivity index (χ3n) is 4.22. The van der Waals surface area contributed by atoms with Gasteiger partial charge in [0, 0.05) is 26.1 Å². The Balaban J connectivity index is 1.59. The number of amidine groups is 1. The van der Waals surface area contributed by atoms with Crippen LogP contribution in [0.4, 0.5) is 0 Å². The molecular weight excluding hydrogens is 264 g/mol. The molecule has 1 saturated heterocycles. The lowest BCUT2D eigenvalue weighted by molar-refractivity contribution is 0.0389. The second kappa shape index (κ2) is 6.56. The lowest BCUT2D eigenvalue weighted by atomic mass is 10.1. The third-order valence-corrected chi connectivity index (χ3v) is 4.22. The van der Waals surface area contributed by atoms with Crippen LogP contribution in [0.2, 0.25) is 0 Å². The maximum absolute atomic E-state index is 6.11. The van der Waals surface area contributed by atoms with E-state index in [4.69, 9.17) is 15.6 Å². The van der Waals surface area contributed by atoms with Gasteiger partial charge in [-0.05, 0) is 12.5 Å². The smallest absolute Gasteiger partial charge is 0.115 e. The predicted octanol–water partition coefficient (Wildman–Crippen LogP) is 1.35. The van der Waals surface area contributed by atoms with Crippen LogP contribution in [0.15, 0.2) is 29.3 Å². The molecule has 0 saturated carbocycles. The first kappa shape index (κ1) is 14.5. The molecule has 5 heteroatoms. The van der Waals surface area contributed by atoms with Gasteiger partial charge in [-0.2, -0.15) is 0 Å². The van der Waals surface area contributed by atoms with Crippen molar-refractivity contribution in [1.29, 1.82) is 0 Å². The van der Waals surface area contributed by atoms with Gasteiger partial charge in [-0.3, -0.25) is 14.9 Å². The van der Waals surface area contributed by atoms with E-state index in [2.05, 4.69) is 36.1 Å². The molecule has 5 nitrogen and oxygen atoms in total. The molecule has 1 aromatic rings. The van der Waals surface area contributed by atoms with E-state index in [-0.39, 0.29) is 6.04 Å². The van der Waals surface area contributed by atoms with Gasteiger partial charge in [-0.15, -0.1) is 0 Å². The van der Waals surface area contributed by atoms with Gasteiger partial charge in [-0.1, -0.05) is 29.8 Å². The summed E-state index contributed by atoms with van der Waals surface area (Å²) in [4.78, 5) is 7.23. The second-order valence-corrected chi connectivity index (χ2v) is 5.83. The Hall–Kier alpha value is -1.43. The van der Waals surface area contributed by atoms with Crippen LogP contribution in [0.5, 0.6) is 0 Å². The second-order valence-electron chi connectivity index (χ2n) is 5.83. The number of ether oxygens (including phenoxy) is 1. The number of nitrogens with two attached hydrogens (primary N) is 1. The summed E-state index contributed by atoms with van der Waals surface area (Å²) in [6.45, 7) is 7.59. The predicted molar refractivity (Wildman–Crippen MR) is 84.1 cm³/mol. The molecule has 1 unspecified atom stereocenters. The molecule has 1 atom stereocenters. The van der Waals surface area contributed by atoms with Gasteiger partial charge in [0.2, 0.25) is 0 Å². The Kier molecular flexibility index (Phi) is 4.53. The van der Waals surface area contributed by atoms with Crippen molar-refractivity contribution in [2.24, 2.45) is 10.8 Å². The van der Waals surface area contributed by atoms with Crippen molar-refractivity contribution in [3.05, 3.63) is 35.4 Å². The standard InChI is InChI=1S/C16H24N4O/c1-13-2-4-14(5-3-13)15-12-20(17)16(18-15)6-7-19-8-10-21-11-9-19/h2-5,15H,6-12,17H2,1H3. The minimum Gasteiger partial charge on any atom is -0.379 e. The summed E-state index contributed by atoms with van der Waals surface area (Å²) in [5.41, 5.74) is 2.52. The number of morpholine rings is 1. The first-order valence-corrected chi connectivity index (χ1v) is 7.68. The Morgan fingerprint density at radius 2 is 1.95 bits per heavy atom. The van der Waals surface area contributed by atoms with E-state index < -0.39 is 0 Å². The molecule has 2 N–H and O–H groups in total. The van der Waals surface area contributed by atoms with Crippen molar-refractivity contribution in [3.63, 3.8) is 0 Å². The van der Waals surface area contributed by atoms with Crippen LogP contribution in [0, 0.1) is 6.92 Å². The summed E-state index contributed by atoms with van der Waals surface area (Å²) in [5, 5.41) is 1.81. The highest BCUT2D eigenvalue weighted by molar-refractivity contribution is 5.83. The SMILES string of the molecule is Cc1ccc(C2CN(N)C(CCN3CCOCC3)=N2)cc1. The molecule has 0 aliphatic carbocycles. The maximum atomic E-state index is 6.11. The molecule has 0 bridgehead atoms. The largest absolute Gasteiger partial charge is 0.379 e. The number of hydrogen-bond donors (Lipinski definition) is 1. The molecule has 114 valence electrons. The van der Waals surface area contributed by atoms with E-state index in [0.717, 1.165) is 51.6 Å². The average Bonchev–Trinajstić information content (AvgIpc) is 2.88. The summed E-state index contributed by atoms with van der Waals surface area (Å²) in [6.07, 6.45) is 0.916. The topological polar surface area (TPSA) is 54.1 Å². The number of rotatable bonds is 4. The van der Waals surface area contributed by atoms with Gasteiger partial charge >= 0.3 is 0 Å². The average molecular weight is 288 g/mol. The highest BCUT2D eigenvalue weighted by atomic mass is 16.5. The molecule has 0 amide bonds. The lowest BCUT2D eigenvalue weighted by Crippen LogP contribution is -2.40. The molecule has 2 aliphatic heterocycles. The van der Waals surface area contributed by atoms with E-state index in [1.165, 1.54) is 11.1 Å². The summed E-state index contributed by atoms with van der Waals surface area (Å²) in [7, 11) is 0. The molecule has 21 heavy (non-hydrogen) atoms. The Morgan fingerprint density at radius 1 is 1.24 bits per heavy atom. The molecule has 2 heterocycles. The van der Waals surface area contributed by atoms with Crippen LogP contribution in [-0.2, 0) is 4.74 Å². The van der Waals surface area contributed by atoms with Crippen LogP contribution in [0.3, 0.4) is 0 Å². The number of aryl methyl sites for hydroxylation is 1. The van der Waals surface area contributed by atoms with Gasteiger partial charge in [0.1, 0.15) is 5.84 Å². The summed E-state index contributed by atoms with van der Waals surface area (Å²) in [6, 6.07) is 8.76. The summed E-state index contributed by atoms with van der Waals surface area (Å²) < 4.78 is 5.37. The van der Waals surface area contributed by atoms with E-state index in [9.17, 15) is 0 Å². The number of benzene rings is 1. The molecule has 2 aliphatic rings. The lowest BCUT2D eigenvalue weighted by Gasteiger charge is -2.27. The van der Waals surface area contributed by atoms with E-state index in [1.807, 2.05) is 5.01 Å². The molecule has 0 spiro atoms. The quantitative estimate of drug-likeness (QED) is 0.850. The maximum Gasteiger partial charge on any atom is 0.115 e. The van der Waals surface area contributed by atoms with Crippen LogP contribution in [0.25, 0.3) is 0 Å². The van der Waals surface area contributed by atoms with Crippen LogP contribution < -0.4 is 5.84 Å². The molecule has 1 fully saturated rings. The van der Waals surface area contributed by atoms with Gasteiger partial charge in [0.15, 0.2) is 0 Å². The molecule has 0 aromatic heterocycles. The van der Waals surface area contributed by atoms with Gasteiger partial charge in [-0.25, -0.2) is 5.84 Å². The molecular formula is C16H24N4O. The highest BCUT2D eigenvalue weighted by Gasteiger charge is 2.24. The number of nitrogens with zero attached hydrogens (tertiary/aromatic N) is 3. The zero-order valence-electron chi connectivity index (χ0n) is 12.7. The van der Waals surface area contributed by atoms with Crippen molar-refractivity contribution in [2.45, 2.75) is 19.4 Å². The Bertz CT molecular complexity index is 494. The van der Waals surface area contributed by atoms with E-state index in [1.54, 1.807) is 0 Å². The van der Waals surface area contributed by atoms with Gasteiger partial charge in [0.05, 0.1) is 25.8 Å². The minimum absolute atomic E-state index is 0.176. The van der Waals surface area contributed by atoms with Crippen molar-refractivity contribution in [1.82, 2.24) is 9.91 Å². The van der Waals surface area contributed by atoms with Gasteiger partial charge < -0.3 is 4.74 Å². The first-order chi connectivity index (χ1) is 10.2. The van der Waals surface area contributed by atoms with Crippen molar-refractivity contribution in [2.75, 3.05) is 39.4 Å². The highest BCUT2D eigenvalue weighted by Crippen LogP contribution is 2.24. The molecule has 3 rings (SSSR count). The van der Waals surface area contributed by atoms with Crippen molar-refractivity contribution < 1.29 is 4.74 Å². The van der Waals surface area contributed by atoms with Crippen LogP contribution in [0.1, 0.15) is 23.6 Å². The van der Waals surface area contributed by atoms with Crippen molar-refractivity contribution >= 4 is 5.84 Å². The summed E-state index contributed by atoms with van der Waals surface area (Å²) >= 11 is 0. The number of hydrogen-bond acceptors (Lipinski definition) is 5. The van der Waals surface area contributed by atoms with E-state index >= 15 is 0 Å².